The van der Waals surface area contributed by atoms with Gasteiger partial charge in [-0.3, -0.25) is 9.69 Å². The molecule has 5 rings (SSSR count). The Hall–Kier alpha value is -2.37. The highest BCUT2D eigenvalue weighted by Gasteiger charge is 2.58. The number of piperidine rings is 1. The van der Waals surface area contributed by atoms with E-state index in [9.17, 15) is 15.0 Å². The number of aliphatic hydroxyl groups is 1. The summed E-state index contributed by atoms with van der Waals surface area (Å²) >= 11 is 0. The molecular formula is C25H30N2O3. The van der Waals surface area contributed by atoms with E-state index in [4.69, 9.17) is 0 Å². The number of nitrogens with zero attached hydrogens (tertiary/aromatic N) is 1. The van der Waals surface area contributed by atoms with Crippen LogP contribution in [0.15, 0.2) is 54.6 Å². The average Bonchev–Trinajstić information content (AvgIpc) is 3.17. The van der Waals surface area contributed by atoms with Crippen LogP contribution in [0.2, 0.25) is 0 Å². The molecule has 2 unspecified atom stereocenters. The van der Waals surface area contributed by atoms with E-state index in [2.05, 4.69) is 10.2 Å². The van der Waals surface area contributed by atoms with Crippen LogP contribution in [0.5, 0.6) is 5.75 Å². The molecule has 0 spiro atoms. The van der Waals surface area contributed by atoms with Gasteiger partial charge in [0.15, 0.2) is 5.60 Å². The van der Waals surface area contributed by atoms with Crippen LogP contribution in [-0.4, -0.2) is 40.2 Å². The first kappa shape index (κ1) is 19.6. The van der Waals surface area contributed by atoms with Gasteiger partial charge in [0.25, 0.3) is 5.91 Å². The number of hydrogen-bond donors (Lipinski definition) is 3. The van der Waals surface area contributed by atoms with Crippen molar-refractivity contribution >= 4 is 5.91 Å². The number of phenols is 1. The number of carbonyl (C=O) groups excluding carboxylic acids is 1. The summed E-state index contributed by atoms with van der Waals surface area (Å²) in [5, 5.41) is 24.5. The summed E-state index contributed by atoms with van der Waals surface area (Å²) in [6.07, 6.45) is 3.94. The minimum absolute atomic E-state index is 0.0132. The van der Waals surface area contributed by atoms with Crippen molar-refractivity contribution < 1.29 is 15.0 Å². The lowest BCUT2D eigenvalue weighted by molar-refractivity contribution is -0.147. The maximum Gasteiger partial charge on any atom is 0.257 e. The summed E-state index contributed by atoms with van der Waals surface area (Å²) in [4.78, 5) is 15.7. The lowest BCUT2D eigenvalue weighted by Gasteiger charge is -2.33. The minimum Gasteiger partial charge on any atom is -0.508 e. The first-order valence-corrected chi connectivity index (χ1v) is 11.1. The molecule has 1 aliphatic heterocycles. The Morgan fingerprint density at radius 3 is 2.40 bits per heavy atom. The first-order valence-electron chi connectivity index (χ1n) is 11.1. The molecule has 30 heavy (non-hydrogen) atoms. The van der Waals surface area contributed by atoms with E-state index >= 15 is 0 Å². The number of nitrogens with one attached hydrogen (secondary N) is 1. The van der Waals surface area contributed by atoms with Gasteiger partial charge in [0.2, 0.25) is 0 Å². The predicted octanol–water partition coefficient (Wildman–Crippen LogP) is 3.02. The second-order valence-corrected chi connectivity index (χ2v) is 9.30. The number of fused-ring (bicyclic) bond motifs is 1. The molecule has 3 aliphatic rings. The maximum absolute atomic E-state index is 13.3. The average molecular weight is 407 g/mol. The van der Waals surface area contributed by atoms with Gasteiger partial charge in [-0.25, -0.2) is 0 Å². The summed E-state index contributed by atoms with van der Waals surface area (Å²) in [6, 6.07) is 17.0. The first-order chi connectivity index (χ1) is 14.6. The number of benzene rings is 2. The van der Waals surface area contributed by atoms with Crippen LogP contribution < -0.4 is 5.32 Å². The SMILES string of the molecule is O=C(NC1[C@H]2CN(Cc3cccc(O)c3)C[C@@H]12)C(O)(c1ccccc1)C1CCCC1. The van der Waals surface area contributed by atoms with Crippen molar-refractivity contribution in [2.75, 3.05) is 13.1 Å². The van der Waals surface area contributed by atoms with Gasteiger partial charge in [-0.1, -0.05) is 55.3 Å². The molecular weight excluding hydrogens is 376 g/mol. The zero-order valence-electron chi connectivity index (χ0n) is 17.2. The zero-order chi connectivity index (χ0) is 20.7. The Kier molecular flexibility index (Phi) is 5.03. The van der Waals surface area contributed by atoms with Crippen LogP contribution in [0.3, 0.4) is 0 Å². The van der Waals surface area contributed by atoms with Gasteiger partial charge in [-0.2, -0.15) is 0 Å². The molecule has 1 amide bonds. The summed E-state index contributed by atoms with van der Waals surface area (Å²) in [5.41, 5.74) is 0.387. The highest BCUT2D eigenvalue weighted by Crippen LogP contribution is 2.47. The van der Waals surface area contributed by atoms with Crippen molar-refractivity contribution in [2.24, 2.45) is 17.8 Å². The number of phenolic OH excluding ortho intramolecular Hbond substituents is 1. The minimum atomic E-state index is -1.43. The highest BCUT2D eigenvalue weighted by molar-refractivity contribution is 5.87. The molecule has 0 bridgehead atoms. The number of carbonyl (C=O) groups is 1. The molecule has 158 valence electrons. The normalized spacial score (nSPS) is 28.1. The number of aromatic hydroxyl groups is 1. The van der Waals surface area contributed by atoms with Crippen molar-refractivity contribution in [3.8, 4) is 5.75 Å². The van der Waals surface area contributed by atoms with Crippen molar-refractivity contribution in [3.05, 3.63) is 65.7 Å². The topological polar surface area (TPSA) is 72.8 Å². The zero-order valence-corrected chi connectivity index (χ0v) is 17.2. The largest absolute Gasteiger partial charge is 0.508 e. The van der Waals surface area contributed by atoms with Gasteiger partial charge >= 0.3 is 0 Å². The third-order valence-corrected chi connectivity index (χ3v) is 7.39. The van der Waals surface area contributed by atoms with Crippen molar-refractivity contribution in [1.29, 1.82) is 0 Å². The molecule has 2 aromatic carbocycles. The highest BCUT2D eigenvalue weighted by atomic mass is 16.3. The Morgan fingerprint density at radius 1 is 1.03 bits per heavy atom. The quantitative estimate of drug-likeness (QED) is 0.690. The van der Waals surface area contributed by atoms with E-state index in [1.807, 2.05) is 48.5 Å². The van der Waals surface area contributed by atoms with Gasteiger partial charge < -0.3 is 15.5 Å². The van der Waals surface area contributed by atoms with E-state index in [1.54, 1.807) is 6.07 Å². The van der Waals surface area contributed by atoms with Crippen molar-refractivity contribution in [3.63, 3.8) is 0 Å². The summed E-state index contributed by atoms with van der Waals surface area (Å²) in [6.45, 7) is 2.70. The third kappa shape index (κ3) is 3.50. The van der Waals surface area contributed by atoms with E-state index in [-0.39, 0.29) is 17.9 Å². The van der Waals surface area contributed by atoms with Crippen molar-refractivity contribution in [1.82, 2.24) is 10.2 Å². The van der Waals surface area contributed by atoms with Crippen molar-refractivity contribution in [2.45, 2.75) is 43.9 Å². The monoisotopic (exact) mass is 406 g/mol. The van der Waals surface area contributed by atoms with Crippen LogP contribution >= 0.6 is 0 Å². The molecule has 3 N–H and O–H groups in total. The molecule has 4 atom stereocenters. The second-order valence-electron chi connectivity index (χ2n) is 9.30. The second kappa shape index (κ2) is 7.71. The Balaban J connectivity index is 1.23. The van der Waals surface area contributed by atoms with Gasteiger partial charge in [0.05, 0.1) is 0 Å². The van der Waals surface area contributed by atoms with Gasteiger partial charge in [-0.15, -0.1) is 0 Å². The Morgan fingerprint density at radius 2 is 1.73 bits per heavy atom. The number of likely N-dealkylation sites (tertiary alicyclic amines) is 1. The molecule has 5 heteroatoms. The van der Waals surface area contributed by atoms with Crippen LogP contribution in [0, 0.1) is 17.8 Å². The number of rotatable bonds is 6. The fourth-order valence-electron chi connectivity index (χ4n) is 5.72. The summed E-state index contributed by atoms with van der Waals surface area (Å²) in [7, 11) is 0. The summed E-state index contributed by atoms with van der Waals surface area (Å²) in [5.74, 6) is 0.971. The molecule has 5 nitrogen and oxygen atoms in total. The van der Waals surface area contributed by atoms with E-state index in [0.29, 0.717) is 23.1 Å². The van der Waals surface area contributed by atoms with Crippen LogP contribution in [0.4, 0.5) is 0 Å². The third-order valence-electron chi connectivity index (χ3n) is 7.39. The fraction of sp³-hybridized carbons (Fsp3) is 0.480. The standard InChI is InChI=1S/C25H30N2O3/c28-20-12-6-7-17(13-20)14-27-15-21-22(16-27)23(21)26-24(29)25(30,19-10-4-5-11-19)18-8-2-1-3-9-18/h1-3,6-9,12-13,19,21-23,28,30H,4-5,10-11,14-16H2,(H,26,29)/t21-,22+,23?,25?. The molecule has 2 aromatic rings. The molecule has 0 radical (unpaired) electrons. The Bertz CT molecular complexity index is 900. The van der Waals surface area contributed by atoms with Gasteiger partial charge in [-0.05, 0) is 47.9 Å². The molecule has 3 fully saturated rings. The van der Waals surface area contributed by atoms with E-state index in [0.717, 1.165) is 50.9 Å². The molecule has 2 saturated carbocycles. The Labute approximate surface area is 177 Å². The van der Waals surface area contributed by atoms with Gasteiger partial charge in [0, 0.05) is 31.6 Å². The maximum atomic E-state index is 13.3. The van der Waals surface area contributed by atoms with Crippen LogP contribution in [0.1, 0.15) is 36.8 Å². The number of hydrogen-bond acceptors (Lipinski definition) is 4. The predicted molar refractivity (Wildman–Crippen MR) is 115 cm³/mol. The van der Waals surface area contributed by atoms with Crippen LogP contribution in [-0.2, 0) is 16.9 Å². The molecule has 1 saturated heterocycles. The molecule has 2 aliphatic carbocycles. The summed E-state index contributed by atoms with van der Waals surface area (Å²) < 4.78 is 0. The fourth-order valence-corrected chi connectivity index (χ4v) is 5.72. The smallest absolute Gasteiger partial charge is 0.257 e. The van der Waals surface area contributed by atoms with Gasteiger partial charge in [0.1, 0.15) is 5.75 Å². The lowest BCUT2D eigenvalue weighted by Crippen LogP contribution is -2.50. The van der Waals surface area contributed by atoms with Crippen LogP contribution in [0.25, 0.3) is 0 Å². The van der Waals surface area contributed by atoms with E-state index in [1.165, 1.54) is 0 Å². The molecule has 1 heterocycles. The lowest BCUT2D eigenvalue weighted by atomic mass is 9.79. The van der Waals surface area contributed by atoms with E-state index < -0.39 is 5.60 Å². The number of amides is 1. The molecule has 0 aromatic heterocycles.